The fraction of sp³-hybridized carbons (Fsp3) is 0.364. The van der Waals surface area contributed by atoms with Gasteiger partial charge < -0.3 is 10.1 Å². The zero-order valence-corrected chi connectivity index (χ0v) is 11.5. The van der Waals surface area contributed by atoms with Crippen molar-refractivity contribution in [3.05, 3.63) is 17.2 Å². The van der Waals surface area contributed by atoms with Crippen LogP contribution in [0.15, 0.2) is 12.1 Å². The molecule has 7 heteroatoms. The Labute approximate surface area is 113 Å². The first-order valence-electron chi connectivity index (χ1n) is 5.35. The molecule has 0 unspecified atom stereocenters. The summed E-state index contributed by atoms with van der Waals surface area (Å²) in [6.07, 6.45) is 0.123. The minimum absolute atomic E-state index is 0.142. The average molecular weight is 286 g/mol. The molecule has 1 aromatic heterocycles. The number of rotatable bonds is 4. The van der Waals surface area contributed by atoms with Crippen LogP contribution in [0.25, 0.3) is 11.0 Å². The molecule has 0 aliphatic heterocycles. The molecule has 1 N–H and O–H groups in total. The molecule has 96 valence electrons. The number of nitrogens with zero attached hydrogens (tertiary/aromatic N) is 2. The fourth-order valence-corrected chi connectivity index (χ4v) is 2.22. The molecule has 0 spiro atoms. The molecular formula is C11H12ClN3O2S. The normalized spacial score (nSPS) is 12.6. The van der Waals surface area contributed by atoms with Crippen LogP contribution in [0.2, 0.25) is 5.02 Å². The lowest BCUT2D eigenvalue weighted by Crippen LogP contribution is -2.19. The van der Waals surface area contributed by atoms with Gasteiger partial charge in [0.1, 0.15) is 11.0 Å². The lowest BCUT2D eigenvalue weighted by atomic mass is 10.2. The summed E-state index contributed by atoms with van der Waals surface area (Å²) in [5, 5.41) is 3.21. The SMILES string of the molecule is CO[C@@H](C)CC(=O)Nc1c(Cl)ccc2nsnc12. The standard InChI is InChI=1S/C11H12ClN3O2S/c1-6(17-2)5-9(16)13-10-7(12)3-4-8-11(10)15-18-14-8/h3-4,6H,5H2,1-2H3,(H,13,16)/t6-/m0/s1. The van der Waals surface area contributed by atoms with Gasteiger partial charge in [0, 0.05) is 7.11 Å². The summed E-state index contributed by atoms with van der Waals surface area (Å²) < 4.78 is 13.3. The maximum Gasteiger partial charge on any atom is 0.227 e. The molecule has 0 aliphatic rings. The number of hydrogen-bond acceptors (Lipinski definition) is 5. The molecule has 18 heavy (non-hydrogen) atoms. The molecule has 2 rings (SSSR count). The zero-order valence-electron chi connectivity index (χ0n) is 9.94. The van der Waals surface area contributed by atoms with Crippen LogP contribution in [0.5, 0.6) is 0 Å². The number of carbonyl (C=O) groups is 1. The van der Waals surface area contributed by atoms with Crippen molar-refractivity contribution in [3.63, 3.8) is 0 Å². The molecule has 2 aromatic rings. The van der Waals surface area contributed by atoms with Gasteiger partial charge in [-0.15, -0.1) is 0 Å². The summed E-state index contributed by atoms with van der Waals surface area (Å²) in [6, 6.07) is 3.47. The number of aromatic nitrogens is 2. The Hall–Kier alpha value is -1.24. The van der Waals surface area contributed by atoms with E-state index in [1.165, 1.54) is 0 Å². The van der Waals surface area contributed by atoms with E-state index in [4.69, 9.17) is 16.3 Å². The molecule has 0 aliphatic carbocycles. The number of amides is 1. The molecular weight excluding hydrogens is 274 g/mol. The number of carbonyl (C=O) groups excluding carboxylic acids is 1. The summed E-state index contributed by atoms with van der Waals surface area (Å²) in [5.41, 5.74) is 1.85. The lowest BCUT2D eigenvalue weighted by Gasteiger charge is -2.11. The summed E-state index contributed by atoms with van der Waals surface area (Å²) in [6.45, 7) is 1.83. The van der Waals surface area contributed by atoms with Crippen molar-refractivity contribution >= 4 is 46.0 Å². The van der Waals surface area contributed by atoms with Crippen molar-refractivity contribution in [2.45, 2.75) is 19.4 Å². The second-order valence-corrected chi connectivity index (χ2v) is 4.79. The van der Waals surface area contributed by atoms with Crippen molar-refractivity contribution in [2.75, 3.05) is 12.4 Å². The zero-order chi connectivity index (χ0) is 13.1. The third kappa shape index (κ3) is 2.77. The number of ether oxygens (including phenoxy) is 1. The molecule has 1 aromatic carbocycles. The van der Waals surface area contributed by atoms with Gasteiger partial charge in [-0.3, -0.25) is 4.79 Å². The number of hydrogen-bond donors (Lipinski definition) is 1. The molecule has 0 saturated heterocycles. The third-order valence-corrected chi connectivity index (χ3v) is 3.37. The number of fused-ring (bicyclic) bond motifs is 1. The Kier molecular flexibility index (Phi) is 4.11. The van der Waals surface area contributed by atoms with Gasteiger partial charge in [0.15, 0.2) is 0 Å². The quantitative estimate of drug-likeness (QED) is 0.938. The predicted molar refractivity (Wildman–Crippen MR) is 72.1 cm³/mol. The molecule has 1 amide bonds. The Balaban J connectivity index is 2.23. The topological polar surface area (TPSA) is 64.1 Å². The van der Waals surface area contributed by atoms with Gasteiger partial charge in [0.25, 0.3) is 0 Å². The molecule has 0 bridgehead atoms. The maximum atomic E-state index is 11.8. The fourth-order valence-electron chi connectivity index (χ4n) is 1.48. The van der Waals surface area contributed by atoms with Gasteiger partial charge >= 0.3 is 0 Å². The number of anilines is 1. The highest BCUT2D eigenvalue weighted by molar-refractivity contribution is 7.00. The number of methoxy groups -OCH3 is 1. The van der Waals surface area contributed by atoms with E-state index in [0.717, 1.165) is 17.2 Å². The van der Waals surface area contributed by atoms with E-state index in [1.54, 1.807) is 19.2 Å². The summed E-state index contributed by atoms with van der Waals surface area (Å²) in [5.74, 6) is -0.160. The highest BCUT2D eigenvalue weighted by Gasteiger charge is 2.14. The van der Waals surface area contributed by atoms with Crippen LogP contribution in [0, 0.1) is 0 Å². The van der Waals surface area contributed by atoms with E-state index in [-0.39, 0.29) is 18.4 Å². The average Bonchev–Trinajstić information content (AvgIpc) is 2.81. The summed E-state index contributed by atoms with van der Waals surface area (Å²) >= 11 is 7.15. The summed E-state index contributed by atoms with van der Waals surface area (Å²) in [7, 11) is 1.57. The van der Waals surface area contributed by atoms with Crippen molar-refractivity contribution in [2.24, 2.45) is 0 Å². The molecule has 1 atom stereocenters. The van der Waals surface area contributed by atoms with Crippen LogP contribution in [0.1, 0.15) is 13.3 Å². The van der Waals surface area contributed by atoms with Crippen LogP contribution in [-0.4, -0.2) is 27.9 Å². The highest BCUT2D eigenvalue weighted by atomic mass is 35.5. The first-order valence-corrected chi connectivity index (χ1v) is 6.46. The predicted octanol–water partition coefficient (Wildman–Crippen LogP) is 2.71. The van der Waals surface area contributed by atoms with Crippen molar-refractivity contribution in [1.29, 1.82) is 0 Å². The van der Waals surface area contributed by atoms with E-state index < -0.39 is 0 Å². The van der Waals surface area contributed by atoms with Gasteiger partial charge in [-0.05, 0) is 19.1 Å². The second kappa shape index (κ2) is 5.60. The summed E-state index contributed by atoms with van der Waals surface area (Å²) in [4.78, 5) is 11.8. The minimum Gasteiger partial charge on any atom is -0.381 e. The minimum atomic E-state index is -0.160. The lowest BCUT2D eigenvalue weighted by molar-refractivity contribution is -0.118. The molecule has 0 fully saturated rings. The number of benzene rings is 1. The first-order chi connectivity index (χ1) is 8.61. The molecule has 1 heterocycles. The largest absolute Gasteiger partial charge is 0.381 e. The van der Waals surface area contributed by atoms with Crippen LogP contribution >= 0.6 is 23.3 Å². The Morgan fingerprint density at radius 3 is 3.06 bits per heavy atom. The van der Waals surface area contributed by atoms with Gasteiger partial charge in [-0.1, -0.05) is 11.6 Å². The Bertz CT molecular complexity index is 572. The van der Waals surface area contributed by atoms with Crippen LogP contribution < -0.4 is 5.32 Å². The van der Waals surface area contributed by atoms with Crippen LogP contribution in [0.4, 0.5) is 5.69 Å². The Morgan fingerprint density at radius 2 is 2.33 bits per heavy atom. The number of halogens is 1. The van der Waals surface area contributed by atoms with E-state index in [2.05, 4.69) is 14.1 Å². The van der Waals surface area contributed by atoms with Crippen LogP contribution in [0.3, 0.4) is 0 Å². The third-order valence-electron chi connectivity index (χ3n) is 2.52. The van der Waals surface area contributed by atoms with Gasteiger partial charge in [0.2, 0.25) is 5.91 Å². The smallest absolute Gasteiger partial charge is 0.227 e. The van der Waals surface area contributed by atoms with Crippen molar-refractivity contribution < 1.29 is 9.53 Å². The second-order valence-electron chi connectivity index (χ2n) is 3.85. The van der Waals surface area contributed by atoms with Crippen molar-refractivity contribution in [1.82, 2.24) is 8.75 Å². The number of nitrogens with one attached hydrogen (secondary N) is 1. The first kappa shape index (κ1) is 13.2. The molecule has 0 radical (unpaired) electrons. The van der Waals surface area contributed by atoms with Gasteiger partial charge in [-0.25, -0.2) is 0 Å². The van der Waals surface area contributed by atoms with Crippen LogP contribution in [-0.2, 0) is 9.53 Å². The molecule has 0 saturated carbocycles. The van der Waals surface area contributed by atoms with E-state index in [9.17, 15) is 4.79 Å². The van der Waals surface area contributed by atoms with E-state index >= 15 is 0 Å². The Morgan fingerprint density at radius 1 is 1.56 bits per heavy atom. The van der Waals surface area contributed by atoms with E-state index in [1.807, 2.05) is 6.92 Å². The van der Waals surface area contributed by atoms with E-state index in [0.29, 0.717) is 16.2 Å². The highest BCUT2D eigenvalue weighted by Crippen LogP contribution is 2.30. The van der Waals surface area contributed by atoms with Gasteiger partial charge in [-0.2, -0.15) is 8.75 Å². The van der Waals surface area contributed by atoms with Gasteiger partial charge in [0.05, 0.1) is 35.0 Å². The monoisotopic (exact) mass is 285 g/mol. The maximum absolute atomic E-state index is 11.8. The molecule has 5 nitrogen and oxygen atoms in total. The van der Waals surface area contributed by atoms with Crippen molar-refractivity contribution in [3.8, 4) is 0 Å².